The molecular weight excluding hydrogens is 399 g/mol. The molecular formula is C21H26BrFO3. The summed E-state index contributed by atoms with van der Waals surface area (Å²) in [4.78, 5) is 11.2. The number of alkyl halides is 1. The maximum Gasteiger partial charge on any atom is 0.305 e. The standard InChI is InChI=1S/C21H26BrFO3/c1-25-20(24)7-5-3-2-4-6-18-17(13-22)19-12-21(18,14-26-19)15-8-10-16(23)11-9-15/h2,4,8-11,17-19H,3,5-7,12-14H2,1H3/b4-2-/t17-,18+,19+,21+/m1/s1. The molecule has 5 heteroatoms. The molecule has 1 saturated heterocycles. The number of unbranched alkanes of at least 4 members (excludes halogenated alkanes) is 1. The van der Waals surface area contributed by atoms with Crippen LogP contribution in [0.4, 0.5) is 4.39 Å². The molecule has 2 fully saturated rings. The highest BCUT2D eigenvalue weighted by Crippen LogP contribution is 2.56. The van der Waals surface area contributed by atoms with Gasteiger partial charge in [0.05, 0.1) is 19.8 Å². The predicted octanol–water partition coefficient (Wildman–Crippen LogP) is 4.78. The number of halogens is 2. The number of carbonyl (C=O) groups is 1. The highest BCUT2D eigenvalue weighted by atomic mass is 79.9. The first-order valence-corrected chi connectivity index (χ1v) is 10.4. The van der Waals surface area contributed by atoms with Crippen molar-refractivity contribution in [2.24, 2.45) is 11.8 Å². The van der Waals surface area contributed by atoms with E-state index in [0.717, 1.165) is 31.0 Å². The molecule has 1 heterocycles. The third-order valence-electron chi connectivity index (χ3n) is 5.96. The van der Waals surface area contributed by atoms with Crippen molar-refractivity contribution in [2.75, 3.05) is 19.0 Å². The molecule has 2 bridgehead atoms. The van der Waals surface area contributed by atoms with Gasteiger partial charge in [-0.1, -0.05) is 40.2 Å². The van der Waals surface area contributed by atoms with Gasteiger partial charge in [0, 0.05) is 17.2 Å². The van der Waals surface area contributed by atoms with Gasteiger partial charge >= 0.3 is 5.97 Å². The average Bonchev–Trinajstić information content (AvgIpc) is 3.22. The zero-order valence-electron chi connectivity index (χ0n) is 15.1. The predicted molar refractivity (Wildman–Crippen MR) is 103 cm³/mol. The van der Waals surface area contributed by atoms with E-state index in [2.05, 4.69) is 32.8 Å². The molecule has 142 valence electrons. The van der Waals surface area contributed by atoms with Crippen LogP contribution in [0.1, 0.15) is 37.7 Å². The summed E-state index contributed by atoms with van der Waals surface area (Å²) in [6.07, 6.45) is 8.82. The van der Waals surface area contributed by atoms with Gasteiger partial charge in [0.25, 0.3) is 0 Å². The van der Waals surface area contributed by atoms with Crippen LogP contribution in [0, 0.1) is 17.7 Å². The fourth-order valence-electron chi connectivity index (χ4n) is 4.57. The lowest BCUT2D eigenvalue weighted by Gasteiger charge is -2.38. The summed E-state index contributed by atoms with van der Waals surface area (Å²) in [7, 11) is 1.42. The minimum absolute atomic E-state index is 0.0207. The van der Waals surface area contributed by atoms with Gasteiger partial charge < -0.3 is 9.47 Å². The van der Waals surface area contributed by atoms with Crippen LogP contribution in [-0.4, -0.2) is 31.1 Å². The molecule has 1 saturated carbocycles. The van der Waals surface area contributed by atoms with E-state index < -0.39 is 0 Å². The number of allylic oxidation sites excluding steroid dienone is 2. The van der Waals surface area contributed by atoms with Crippen molar-refractivity contribution in [3.63, 3.8) is 0 Å². The molecule has 1 aromatic rings. The summed E-state index contributed by atoms with van der Waals surface area (Å²) in [5.41, 5.74) is 1.17. The normalized spacial score (nSPS) is 30.2. The molecule has 2 aliphatic rings. The summed E-state index contributed by atoms with van der Waals surface area (Å²) in [5.74, 6) is 0.590. The minimum atomic E-state index is -0.197. The Hall–Kier alpha value is -1.20. The molecule has 0 radical (unpaired) electrons. The molecule has 1 aromatic carbocycles. The van der Waals surface area contributed by atoms with Crippen LogP contribution in [0.3, 0.4) is 0 Å². The van der Waals surface area contributed by atoms with Crippen molar-refractivity contribution in [3.8, 4) is 0 Å². The van der Waals surface area contributed by atoms with Crippen LogP contribution < -0.4 is 0 Å². The number of carbonyl (C=O) groups excluding carboxylic acids is 1. The van der Waals surface area contributed by atoms with Crippen molar-refractivity contribution >= 4 is 21.9 Å². The molecule has 4 atom stereocenters. The molecule has 0 unspecified atom stereocenters. The van der Waals surface area contributed by atoms with E-state index in [1.807, 2.05) is 12.1 Å². The van der Waals surface area contributed by atoms with E-state index in [4.69, 9.17) is 4.74 Å². The van der Waals surface area contributed by atoms with Crippen molar-refractivity contribution < 1.29 is 18.7 Å². The lowest BCUT2D eigenvalue weighted by atomic mass is 9.69. The Morgan fingerprint density at radius 1 is 1.38 bits per heavy atom. The molecule has 3 nitrogen and oxygen atoms in total. The first-order chi connectivity index (χ1) is 12.6. The summed E-state index contributed by atoms with van der Waals surface area (Å²) in [5, 5.41) is 0.918. The summed E-state index contributed by atoms with van der Waals surface area (Å²) in [6, 6.07) is 6.95. The van der Waals surface area contributed by atoms with Gasteiger partial charge in [0.2, 0.25) is 0 Å². The number of hydrogen-bond donors (Lipinski definition) is 0. The Bertz CT molecular complexity index is 645. The summed E-state index contributed by atoms with van der Waals surface area (Å²) >= 11 is 3.67. The highest BCUT2D eigenvalue weighted by Gasteiger charge is 2.58. The topological polar surface area (TPSA) is 35.5 Å². The van der Waals surface area contributed by atoms with Gasteiger partial charge in [-0.3, -0.25) is 4.79 Å². The van der Waals surface area contributed by atoms with E-state index in [-0.39, 0.29) is 23.3 Å². The van der Waals surface area contributed by atoms with Gasteiger partial charge in [0.15, 0.2) is 0 Å². The Morgan fingerprint density at radius 2 is 2.15 bits per heavy atom. The Morgan fingerprint density at radius 3 is 2.85 bits per heavy atom. The highest BCUT2D eigenvalue weighted by molar-refractivity contribution is 9.09. The number of benzene rings is 1. The fourth-order valence-corrected chi connectivity index (χ4v) is 5.43. The monoisotopic (exact) mass is 424 g/mol. The summed E-state index contributed by atoms with van der Waals surface area (Å²) < 4.78 is 24.1. The van der Waals surface area contributed by atoms with Crippen LogP contribution in [0.2, 0.25) is 0 Å². The van der Waals surface area contributed by atoms with Gasteiger partial charge in [-0.25, -0.2) is 4.39 Å². The van der Waals surface area contributed by atoms with Crippen LogP contribution in [0.5, 0.6) is 0 Å². The molecule has 0 N–H and O–H groups in total. The van der Waals surface area contributed by atoms with Crippen LogP contribution >= 0.6 is 15.9 Å². The van der Waals surface area contributed by atoms with Crippen molar-refractivity contribution in [2.45, 2.75) is 43.6 Å². The lowest BCUT2D eigenvalue weighted by molar-refractivity contribution is -0.140. The number of hydrogen-bond acceptors (Lipinski definition) is 3. The molecule has 26 heavy (non-hydrogen) atoms. The molecule has 0 spiro atoms. The third kappa shape index (κ3) is 3.89. The van der Waals surface area contributed by atoms with E-state index >= 15 is 0 Å². The quantitative estimate of drug-likeness (QED) is 0.260. The van der Waals surface area contributed by atoms with Gasteiger partial charge in [0.1, 0.15) is 5.82 Å². The van der Waals surface area contributed by atoms with E-state index in [9.17, 15) is 9.18 Å². The largest absolute Gasteiger partial charge is 0.469 e. The maximum absolute atomic E-state index is 13.4. The zero-order chi connectivity index (χ0) is 18.6. The summed E-state index contributed by atoms with van der Waals surface area (Å²) in [6.45, 7) is 0.716. The SMILES string of the molecule is COC(=O)CCC/C=C\C[C@H]1[C@@H](CBr)[C@@H]2C[C@@]1(c1ccc(F)cc1)CO2. The second-order valence-corrected chi connectivity index (χ2v) is 7.96. The van der Waals surface area contributed by atoms with Gasteiger partial charge in [-0.2, -0.15) is 0 Å². The van der Waals surface area contributed by atoms with Gasteiger partial charge in [-0.15, -0.1) is 0 Å². The molecule has 0 aromatic heterocycles. The second-order valence-electron chi connectivity index (χ2n) is 7.32. The molecule has 3 rings (SSSR count). The number of esters is 1. The van der Waals surface area contributed by atoms with Crippen LogP contribution in [0.25, 0.3) is 0 Å². The Balaban J connectivity index is 1.67. The zero-order valence-corrected chi connectivity index (χ0v) is 16.7. The number of ether oxygens (including phenoxy) is 2. The van der Waals surface area contributed by atoms with Crippen molar-refractivity contribution in [1.82, 2.24) is 0 Å². The number of methoxy groups -OCH3 is 1. The van der Waals surface area contributed by atoms with E-state index in [1.54, 1.807) is 12.1 Å². The molecule has 1 aliphatic heterocycles. The second kappa shape index (κ2) is 8.66. The van der Waals surface area contributed by atoms with Crippen LogP contribution in [-0.2, 0) is 19.7 Å². The van der Waals surface area contributed by atoms with Crippen molar-refractivity contribution in [1.29, 1.82) is 0 Å². The molecule has 1 aliphatic carbocycles. The molecule has 0 amide bonds. The first-order valence-electron chi connectivity index (χ1n) is 9.26. The average molecular weight is 425 g/mol. The van der Waals surface area contributed by atoms with E-state index in [0.29, 0.717) is 24.9 Å². The fraction of sp³-hybridized carbons (Fsp3) is 0.571. The van der Waals surface area contributed by atoms with Crippen LogP contribution in [0.15, 0.2) is 36.4 Å². The maximum atomic E-state index is 13.4. The van der Waals surface area contributed by atoms with Crippen molar-refractivity contribution in [3.05, 3.63) is 47.8 Å². The Labute approximate surface area is 163 Å². The van der Waals surface area contributed by atoms with E-state index in [1.165, 1.54) is 12.7 Å². The third-order valence-corrected chi connectivity index (χ3v) is 6.71. The first kappa shape index (κ1) is 19.6. The Kier molecular flexibility index (Phi) is 6.51. The lowest BCUT2D eigenvalue weighted by Crippen LogP contribution is -2.40. The minimum Gasteiger partial charge on any atom is -0.469 e. The van der Waals surface area contributed by atoms with Gasteiger partial charge in [-0.05, 0) is 55.2 Å². The smallest absolute Gasteiger partial charge is 0.305 e. The number of fused-ring (bicyclic) bond motifs is 2. The number of rotatable bonds is 8.